The zero-order chi connectivity index (χ0) is 9.68. The van der Waals surface area contributed by atoms with Crippen LogP contribution < -0.4 is 5.32 Å². The van der Waals surface area contributed by atoms with Gasteiger partial charge < -0.3 is 5.32 Å². The molecule has 0 bridgehead atoms. The molecule has 0 spiro atoms. The molecule has 0 amide bonds. The van der Waals surface area contributed by atoms with Gasteiger partial charge in [0.25, 0.3) is 0 Å². The zero-order valence-corrected chi connectivity index (χ0v) is 9.32. The number of piperidine rings is 1. The minimum atomic E-state index is 0.759. The lowest BCUT2D eigenvalue weighted by Gasteiger charge is -2.24. The van der Waals surface area contributed by atoms with Gasteiger partial charge in [-0.15, -0.1) is 0 Å². The molecule has 1 rings (SSSR count). The smallest absolute Gasteiger partial charge is 0.0104 e. The molecule has 1 N–H and O–H groups in total. The normalized spacial score (nSPS) is 25.6. The van der Waals surface area contributed by atoms with Crippen LogP contribution in [0.3, 0.4) is 0 Å². The Labute approximate surface area is 82.6 Å². The molecule has 13 heavy (non-hydrogen) atoms. The highest BCUT2D eigenvalue weighted by Gasteiger charge is 2.12. The van der Waals surface area contributed by atoms with Crippen LogP contribution >= 0.6 is 0 Å². The van der Waals surface area contributed by atoms with Crippen LogP contribution in [0.1, 0.15) is 52.9 Å². The van der Waals surface area contributed by atoms with E-state index in [4.69, 9.17) is 0 Å². The topological polar surface area (TPSA) is 12.0 Å². The van der Waals surface area contributed by atoms with Gasteiger partial charge in [0.2, 0.25) is 0 Å². The van der Waals surface area contributed by atoms with Crippen LogP contribution in [-0.2, 0) is 0 Å². The van der Waals surface area contributed by atoms with Crippen LogP contribution in [0, 0.1) is 0 Å². The first-order valence-electron chi connectivity index (χ1n) is 5.62. The summed E-state index contributed by atoms with van der Waals surface area (Å²) in [5.41, 5.74) is 3.18. The molecule has 1 nitrogen and oxygen atoms in total. The van der Waals surface area contributed by atoms with Gasteiger partial charge in [-0.2, -0.15) is 0 Å². The van der Waals surface area contributed by atoms with Gasteiger partial charge in [-0.25, -0.2) is 0 Å². The summed E-state index contributed by atoms with van der Waals surface area (Å²) in [5.74, 6) is 0. The highest BCUT2D eigenvalue weighted by atomic mass is 14.9. The molecule has 0 radical (unpaired) electrons. The van der Waals surface area contributed by atoms with Crippen LogP contribution in [0.15, 0.2) is 11.1 Å². The van der Waals surface area contributed by atoms with Crippen LogP contribution in [0.4, 0.5) is 0 Å². The molecule has 1 saturated heterocycles. The summed E-state index contributed by atoms with van der Waals surface area (Å²) in [4.78, 5) is 0. The lowest BCUT2D eigenvalue weighted by atomic mass is 9.95. The molecule has 76 valence electrons. The van der Waals surface area contributed by atoms with Gasteiger partial charge >= 0.3 is 0 Å². The second-order valence-electron chi connectivity index (χ2n) is 4.27. The van der Waals surface area contributed by atoms with Gasteiger partial charge in [0.15, 0.2) is 0 Å². The third-order valence-electron chi connectivity index (χ3n) is 3.22. The van der Waals surface area contributed by atoms with E-state index in [0.717, 1.165) is 6.04 Å². The van der Waals surface area contributed by atoms with Crippen LogP contribution in [-0.4, -0.2) is 12.6 Å². The second-order valence-corrected chi connectivity index (χ2v) is 4.27. The SMILES string of the molecule is CC/C(C)=C(\C)CC1CCCCN1. The number of allylic oxidation sites excluding steroid dienone is 1. The highest BCUT2D eigenvalue weighted by Crippen LogP contribution is 2.18. The van der Waals surface area contributed by atoms with Crippen molar-refractivity contribution in [2.75, 3.05) is 6.54 Å². The van der Waals surface area contributed by atoms with E-state index in [2.05, 4.69) is 26.1 Å². The van der Waals surface area contributed by atoms with E-state index in [0.29, 0.717) is 0 Å². The highest BCUT2D eigenvalue weighted by molar-refractivity contribution is 5.10. The fourth-order valence-electron chi connectivity index (χ4n) is 1.94. The molecule has 1 atom stereocenters. The summed E-state index contributed by atoms with van der Waals surface area (Å²) in [6, 6.07) is 0.759. The largest absolute Gasteiger partial charge is 0.314 e. The molecule has 0 saturated carbocycles. The molecular weight excluding hydrogens is 158 g/mol. The van der Waals surface area contributed by atoms with Crippen molar-refractivity contribution in [2.45, 2.75) is 58.9 Å². The average Bonchev–Trinajstić information content (AvgIpc) is 2.18. The van der Waals surface area contributed by atoms with Crippen LogP contribution in [0.5, 0.6) is 0 Å². The van der Waals surface area contributed by atoms with E-state index >= 15 is 0 Å². The van der Waals surface area contributed by atoms with Crippen molar-refractivity contribution in [3.63, 3.8) is 0 Å². The van der Waals surface area contributed by atoms with E-state index < -0.39 is 0 Å². The van der Waals surface area contributed by atoms with Gasteiger partial charge in [-0.1, -0.05) is 24.5 Å². The standard InChI is InChI=1S/C12H23N/c1-4-10(2)11(3)9-12-7-5-6-8-13-12/h12-13H,4-9H2,1-3H3/b11-10+. The Bertz CT molecular complexity index is 176. The maximum absolute atomic E-state index is 3.59. The summed E-state index contributed by atoms with van der Waals surface area (Å²) >= 11 is 0. The predicted octanol–water partition coefficient (Wildman–Crippen LogP) is 3.27. The van der Waals surface area contributed by atoms with Crippen molar-refractivity contribution >= 4 is 0 Å². The molecule has 1 heteroatoms. The van der Waals surface area contributed by atoms with Gasteiger partial charge in [0.05, 0.1) is 0 Å². The summed E-state index contributed by atoms with van der Waals surface area (Å²) < 4.78 is 0. The van der Waals surface area contributed by atoms with Crippen molar-refractivity contribution < 1.29 is 0 Å². The van der Waals surface area contributed by atoms with Crippen molar-refractivity contribution in [1.82, 2.24) is 5.32 Å². The third-order valence-corrected chi connectivity index (χ3v) is 3.22. The van der Waals surface area contributed by atoms with Gasteiger partial charge in [-0.3, -0.25) is 0 Å². The number of nitrogens with one attached hydrogen (secondary N) is 1. The molecule has 1 heterocycles. The first kappa shape index (κ1) is 10.8. The molecule has 0 aliphatic carbocycles. The Hall–Kier alpha value is -0.300. The molecule has 1 aliphatic rings. The Morgan fingerprint density at radius 2 is 2.00 bits per heavy atom. The lowest BCUT2D eigenvalue weighted by Crippen LogP contribution is -2.34. The monoisotopic (exact) mass is 181 g/mol. The third kappa shape index (κ3) is 3.51. The van der Waals surface area contributed by atoms with Crippen LogP contribution in [0.25, 0.3) is 0 Å². The van der Waals surface area contributed by atoms with E-state index in [-0.39, 0.29) is 0 Å². The molecule has 1 fully saturated rings. The van der Waals surface area contributed by atoms with Crippen molar-refractivity contribution in [3.05, 3.63) is 11.1 Å². The minimum absolute atomic E-state index is 0.759. The molecule has 0 aromatic heterocycles. The van der Waals surface area contributed by atoms with Crippen molar-refractivity contribution in [1.29, 1.82) is 0 Å². The first-order chi connectivity index (χ1) is 6.24. The fourth-order valence-corrected chi connectivity index (χ4v) is 1.94. The van der Waals surface area contributed by atoms with E-state index in [9.17, 15) is 0 Å². The quantitative estimate of drug-likeness (QED) is 0.659. The van der Waals surface area contributed by atoms with Crippen molar-refractivity contribution in [2.24, 2.45) is 0 Å². The summed E-state index contributed by atoms with van der Waals surface area (Å²) in [6.45, 7) is 8.02. The zero-order valence-electron chi connectivity index (χ0n) is 9.32. The summed E-state index contributed by atoms with van der Waals surface area (Å²) in [6.07, 6.45) is 6.62. The number of hydrogen-bond donors (Lipinski definition) is 1. The Kier molecular flexibility index (Phi) is 4.51. The van der Waals surface area contributed by atoms with E-state index in [1.807, 2.05) is 0 Å². The first-order valence-corrected chi connectivity index (χ1v) is 5.62. The summed E-state index contributed by atoms with van der Waals surface area (Å²) in [5, 5.41) is 3.59. The predicted molar refractivity (Wildman–Crippen MR) is 58.9 cm³/mol. The Morgan fingerprint density at radius 3 is 2.54 bits per heavy atom. The molecular formula is C12H23N. The minimum Gasteiger partial charge on any atom is -0.314 e. The molecule has 0 aromatic rings. The lowest BCUT2D eigenvalue weighted by molar-refractivity contribution is 0.398. The van der Waals surface area contributed by atoms with E-state index in [1.165, 1.54) is 38.6 Å². The fraction of sp³-hybridized carbons (Fsp3) is 0.833. The summed E-state index contributed by atoms with van der Waals surface area (Å²) in [7, 11) is 0. The van der Waals surface area contributed by atoms with Crippen LogP contribution in [0.2, 0.25) is 0 Å². The Balaban J connectivity index is 2.38. The van der Waals surface area contributed by atoms with Gasteiger partial charge in [0, 0.05) is 6.04 Å². The molecule has 1 unspecified atom stereocenters. The molecule has 0 aromatic carbocycles. The number of hydrogen-bond acceptors (Lipinski definition) is 1. The van der Waals surface area contributed by atoms with Gasteiger partial charge in [0.1, 0.15) is 0 Å². The molecule has 1 aliphatic heterocycles. The average molecular weight is 181 g/mol. The van der Waals surface area contributed by atoms with Crippen molar-refractivity contribution in [3.8, 4) is 0 Å². The maximum Gasteiger partial charge on any atom is 0.0104 e. The van der Waals surface area contributed by atoms with E-state index in [1.54, 1.807) is 11.1 Å². The maximum atomic E-state index is 3.59. The van der Waals surface area contributed by atoms with Gasteiger partial charge in [-0.05, 0) is 46.1 Å². The second kappa shape index (κ2) is 5.43. The number of rotatable bonds is 3. The Morgan fingerprint density at radius 1 is 1.23 bits per heavy atom.